The largest absolute Gasteiger partial charge is 0.390 e. The molecule has 0 aromatic carbocycles. The molecule has 6 heteroatoms. The van der Waals surface area contributed by atoms with E-state index >= 15 is 0 Å². The van der Waals surface area contributed by atoms with E-state index in [4.69, 9.17) is 0 Å². The van der Waals surface area contributed by atoms with Crippen molar-refractivity contribution in [2.24, 2.45) is 16.7 Å². The number of aromatic nitrogens is 2. The lowest BCUT2D eigenvalue weighted by molar-refractivity contribution is -0.123. The van der Waals surface area contributed by atoms with Crippen LogP contribution in [0.3, 0.4) is 0 Å². The molecule has 0 bridgehead atoms. The zero-order valence-corrected chi connectivity index (χ0v) is 20.2. The van der Waals surface area contributed by atoms with Gasteiger partial charge in [-0.3, -0.25) is 14.8 Å². The Morgan fingerprint density at radius 3 is 2.67 bits per heavy atom. The summed E-state index contributed by atoms with van der Waals surface area (Å²) in [6.07, 6.45) is 10.2. The molecule has 2 aromatic rings. The zero-order chi connectivity index (χ0) is 23.5. The summed E-state index contributed by atoms with van der Waals surface area (Å²) in [6, 6.07) is 10.2. The summed E-state index contributed by atoms with van der Waals surface area (Å²) in [5.41, 5.74) is 1.49. The second kappa shape index (κ2) is 9.51. The van der Waals surface area contributed by atoms with Crippen molar-refractivity contribution >= 4 is 5.91 Å². The van der Waals surface area contributed by atoms with E-state index in [0.717, 1.165) is 49.9 Å². The van der Waals surface area contributed by atoms with Crippen LogP contribution in [0.4, 0.5) is 0 Å². The van der Waals surface area contributed by atoms with Gasteiger partial charge in [0.2, 0.25) is 5.91 Å². The van der Waals surface area contributed by atoms with Crippen molar-refractivity contribution in [2.75, 3.05) is 0 Å². The van der Waals surface area contributed by atoms with Gasteiger partial charge in [-0.05, 0) is 79.5 Å². The lowest BCUT2D eigenvalue weighted by Crippen LogP contribution is -2.51. The van der Waals surface area contributed by atoms with Crippen molar-refractivity contribution in [2.45, 2.75) is 84.0 Å². The number of pyridine rings is 2. The number of aliphatic hydroxyl groups is 1. The molecule has 1 amide bonds. The third-order valence-corrected chi connectivity index (χ3v) is 8.12. The van der Waals surface area contributed by atoms with Gasteiger partial charge in [-0.25, -0.2) is 0 Å². The van der Waals surface area contributed by atoms with Crippen molar-refractivity contribution in [3.8, 4) is 0 Å². The molecule has 6 nitrogen and oxygen atoms in total. The Hall–Kier alpha value is -2.31. The SMILES string of the molecule is CC1(C)C[C@H](NCc2ccccn2)[C@@]2(CCC(=O)NCc3cccnc3)CC[C@](C)(O)C[C@@H]12. The number of hydrogen-bond acceptors (Lipinski definition) is 5. The highest BCUT2D eigenvalue weighted by molar-refractivity contribution is 5.75. The predicted octanol–water partition coefficient (Wildman–Crippen LogP) is 4.00. The van der Waals surface area contributed by atoms with E-state index in [1.54, 1.807) is 12.4 Å². The minimum Gasteiger partial charge on any atom is -0.390 e. The fourth-order valence-corrected chi connectivity index (χ4v) is 6.38. The number of fused-ring (bicyclic) bond motifs is 1. The monoisotopic (exact) mass is 450 g/mol. The fraction of sp³-hybridized carbons (Fsp3) is 0.593. The molecular weight excluding hydrogens is 412 g/mol. The van der Waals surface area contributed by atoms with Crippen LogP contribution in [-0.2, 0) is 17.9 Å². The predicted molar refractivity (Wildman–Crippen MR) is 129 cm³/mol. The number of carbonyl (C=O) groups excluding carboxylic acids is 1. The summed E-state index contributed by atoms with van der Waals surface area (Å²) >= 11 is 0. The van der Waals surface area contributed by atoms with Crippen LogP contribution in [0.25, 0.3) is 0 Å². The molecule has 2 aromatic heterocycles. The lowest BCUT2D eigenvalue weighted by atomic mass is 9.57. The van der Waals surface area contributed by atoms with Crippen LogP contribution in [0.15, 0.2) is 48.9 Å². The van der Waals surface area contributed by atoms with Gasteiger partial charge >= 0.3 is 0 Å². The highest BCUT2D eigenvalue weighted by Crippen LogP contribution is 2.63. The van der Waals surface area contributed by atoms with E-state index in [1.807, 2.05) is 37.4 Å². The maximum Gasteiger partial charge on any atom is 0.220 e. The quantitative estimate of drug-likeness (QED) is 0.566. The van der Waals surface area contributed by atoms with Gasteiger partial charge < -0.3 is 15.7 Å². The highest BCUT2D eigenvalue weighted by atomic mass is 16.3. The van der Waals surface area contributed by atoms with Crippen molar-refractivity contribution in [1.29, 1.82) is 0 Å². The standard InChI is InChI=1S/C27H38N4O2/c1-25(2)16-23(30-19-21-8-4-5-14-29-21)27(12-11-26(3,33)15-22(25)27)10-9-24(32)31-18-20-7-6-13-28-17-20/h4-8,13-14,17,22-23,30,33H,9-12,15-16,18-19H2,1-3H3,(H,31,32)/t22-,23-,26-,27-/m0/s1. The van der Waals surface area contributed by atoms with Gasteiger partial charge in [0.25, 0.3) is 0 Å². The maximum atomic E-state index is 12.8. The first-order valence-electron chi connectivity index (χ1n) is 12.2. The van der Waals surface area contributed by atoms with Crippen LogP contribution >= 0.6 is 0 Å². The molecule has 0 saturated heterocycles. The molecule has 4 rings (SSSR count). The molecule has 178 valence electrons. The summed E-state index contributed by atoms with van der Waals surface area (Å²) < 4.78 is 0. The van der Waals surface area contributed by atoms with Crippen LogP contribution in [0.1, 0.15) is 70.6 Å². The van der Waals surface area contributed by atoms with Gasteiger partial charge in [0.05, 0.1) is 11.3 Å². The highest BCUT2D eigenvalue weighted by Gasteiger charge is 2.61. The van der Waals surface area contributed by atoms with Crippen LogP contribution in [0.2, 0.25) is 0 Å². The van der Waals surface area contributed by atoms with Gasteiger partial charge in [0.1, 0.15) is 0 Å². The van der Waals surface area contributed by atoms with E-state index < -0.39 is 5.60 Å². The molecule has 3 N–H and O–H groups in total. The summed E-state index contributed by atoms with van der Waals surface area (Å²) in [5.74, 6) is 0.443. The normalized spacial score (nSPS) is 30.5. The van der Waals surface area contributed by atoms with E-state index in [2.05, 4.69) is 40.5 Å². The summed E-state index contributed by atoms with van der Waals surface area (Å²) in [7, 11) is 0. The Morgan fingerprint density at radius 1 is 1.09 bits per heavy atom. The molecule has 33 heavy (non-hydrogen) atoms. The lowest BCUT2D eigenvalue weighted by Gasteiger charge is -2.51. The fourth-order valence-electron chi connectivity index (χ4n) is 6.38. The van der Waals surface area contributed by atoms with Crippen molar-refractivity contribution < 1.29 is 9.90 Å². The first-order chi connectivity index (χ1) is 15.7. The second-order valence-electron chi connectivity index (χ2n) is 11.1. The second-order valence-corrected chi connectivity index (χ2v) is 11.1. The number of amides is 1. The topological polar surface area (TPSA) is 87.1 Å². The van der Waals surface area contributed by atoms with Gasteiger partial charge in [0.15, 0.2) is 0 Å². The van der Waals surface area contributed by atoms with E-state index in [1.165, 1.54) is 0 Å². The first-order valence-corrected chi connectivity index (χ1v) is 12.2. The molecular formula is C27H38N4O2. The Morgan fingerprint density at radius 2 is 1.94 bits per heavy atom. The minimum absolute atomic E-state index is 0.00777. The third-order valence-electron chi connectivity index (χ3n) is 8.12. The van der Waals surface area contributed by atoms with Crippen molar-refractivity contribution in [3.63, 3.8) is 0 Å². The van der Waals surface area contributed by atoms with Gasteiger partial charge in [0, 0.05) is 44.1 Å². The molecule has 2 heterocycles. The minimum atomic E-state index is -0.635. The molecule has 0 spiro atoms. The van der Waals surface area contributed by atoms with E-state index in [-0.39, 0.29) is 16.7 Å². The summed E-state index contributed by atoms with van der Waals surface area (Å²) in [5, 5.41) is 17.8. The van der Waals surface area contributed by atoms with E-state index in [0.29, 0.717) is 24.9 Å². The molecule has 0 aliphatic heterocycles. The number of hydrogen-bond donors (Lipinski definition) is 3. The molecule has 0 unspecified atom stereocenters. The van der Waals surface area contributed by atoms with E-state index in [9.17, 15) is 9.90 Å². The number of nitrogens with zero attached hydrogens (tertiary/aromatic N) is 2. The van der Waals surface area contributed by atoms with Crippen LogP contribution in [0, 0.1) is 16.7 Å². The van der Waals surface area contributed by atoms with Crippen LogP contribution in [0.5, 0.6) is 0 Å². The molecule has 0 radical (unpaired) electrons. The molecule has 2 aliphatic carbocycles. The number of rotatable bonds is 8. The number of carbonyl (C=O) groups is 1. The van der Waals surface area contributed by atoms with Crippen LogP contribution < -0.4 is 10.6 Å². The average molecular weight is 451 g/mol. The number of nitrogens with one attached hydrogen (secondary N) is 2. The molecule has 2 saturated carbocycles. The molecule has 2 fully saturated rings. The van der Waals surface area contributed by atoms with Crippen molar-refractivity contribution in [1.82, 2.24) is 20.6 Å². The Kier molecular flexibility index (Phi) is 6.87. The Labute approximate surface area is 197 Å². The van der Waals surface area contributed by atoms with Gasteiger partial charge in [-0.2, -0.15) is 0 Å². The van der Waals surface area contributed by atoms with Gasteiger partial charge in [-0.15, -0.1) is 0 Å². The third kappa shape index (κ3) is 5.44. The molecule has 4 atom stereocenters. The smallest absolute Gasteiger partial charge is 0.220 e. The Balaban J connectivity index is 1.48. The molecule has 2 aliphatic rings. The zero-order valence-electron chi connectivity index (χ0n) is 20.2. The summed E-state index contributed by atoms with van der Waals surface area (Å²) in [6.45, 7) is 7.87. The Bertz CT molecular complexity index is 932. The van der Waals surface area contributed by atoms with Crippen molar-refractivity contribution in [3.05, 3.63) is 60.2 Å². The summed E-state index contributed by atoms with van der Waals surface area (Å²) in [4.78, 5) is 21.4. The van der Waals surface area contributed by atoms with Crippen LogP contribution in [-0.4, -0.2) is 32.6 Å². The first kappa shape index (κ1) is 23.8. The maximum absolute atomic E-state index is 12.8. The average Bonchev–Trinajstić information content (AvgIpc) is 3.02. The van der Waals surface area contributed by atoms with Gasteiger partial charge in [-0.1, -0.05) is 26.0 Å².